The molecule has 1 heterocycles. The number of nitrogens with two attached hydrogens (primary N) is 1. The Labute approximate surface area is 107 Å². The number of anilines is 1. The van der Waals surface area contributed by atoms with Gasteiger partial charge in [0, 0.05) is 17.8 Å². The van der Waals surface area contributed by atoms with E-state index >= 15 is 0 Å². The van der Waals surface area contributed by atoms with E-state index < -0.39 is 6.10 Å². The number of hydrogen-bond acceptors (Lipinski definition) is 3. The van der Waals surface area contributed by atoms with Crippen LogP contribution in [0.4, 0.5) is 5.69 Å². The first-order valence-corrected chi connectivity index (χ1v) is 6.48. The molecule has 98 valence electrons. The van der Waals surface area contributed by atoms with Crippen molar-refractivity contribution in [3.63, 3.8) is 0 Å². The van der Waals surface area contributed by atoms with E-state index in [0.29, 0.717) is 6.42 Å². The molecule has 4 heteroatoms. The number of amides is 1. The molecule has 1 unspecified atom stereocenters. The van der Waals surface area contributed by atoms with E-state index in [0.717, 1.165) is 30.6 Å². The standard InChI is InChI=1S/C14H20N2O2/c1-2-13(17)10-6-3-4-7-11(10)16-9-5-8-12(16)14(15)18/h3-4,6-7,12-13,17H,2,5,8-9H2,1H3,(H2,15,18)/t12?,13-/m1/s1. The number of primary amides is 1. The highest BCUT2D eigenvalue weighted by Gasteiger charge is 2.30. The van der Waals surface area contributed by atoms with Crippen molar-refractivity contribution in [3.05, 3.63) is 29.8 Å². The lowest BCUT2D eigenvalue weighted by Gasteiger charge is -2.28. The molecule has 1 aromatic rings. The predicted octanol–water partition coefficient (Wildman–Crippen LogP) is 1.58. The molecule has 1 aromatic carbocycles. The minimum absolute atomic E-state index is 0.241. The lowest BCUT2D eigenvalue weighted by Crippen LogP contribution is -2.40. The molecular formula is C14H20N2O2. The summed E-state index contributed by atoms with van der Waals surface area (Å²) in [6.45, 7) is 2.76. The van der Waals surface area contributed by atoms with Crippen molar-refractivity contribution in [2.24, 2.45) is 5.73 Å². The zero-order chi connectivity index (χ0) is 13.1. The Hall–Kier alpha value is -1.55. The third-order valence-electron chi connectivity index (χ3n) is 3.57. The van der Waals surface area contributed by atoms with Gasteiger partial charge in [-0.05, 0) is 25.3 Å². The second kappa shape index (κ2) is 5.40. The molecule has 18 heavy (non-hydrogen) atoms. The van der Waals surface area contributed by atoms with Crippen LogP contribution in [-0.2, 0) is 4.79 Å². The van der Waals surface area contributed by atoms with Gasteiger partial charge in [-0.3, -0.25) is 4.79 Å². The number of benzene rings is 1. The Bertz CT molecular complexity index is 434. The minimum atomic E-state index is -0.490. The van der Waals surface area contributed by atoms with Crippen LogP contribution < -0.4 is 10.6 Å². The smallest absolute Gasteiger partial charge is 0.240 e. The first-order chi connectivity index (χ1) is 8.65. The zero-order valence-electron chi connectivity index (χ0n) is 10.7. The van der Waals surface area contributed by atoms with Crippen molar-refractivity contribution in [1.29, 1.82) is 0 Å². The lowest BCUT2D eigenvalue weighted by molar-refractivity contribution is -0.119. The maximum Gasteiger partial charge on any atom is 0.240 e. The van der Waals surface area contributed by atoms with E-state index in [-0.39, 0.29) is 11.9 Å². The summed E-state index contributed by atoms with van der Waals surface area (Å²) in [4.78, 5) is 13.5. The minimum Gasteiger partial charge on any atom is -0.388 e. The fraction of sp³-hybridized carbons (Fsp3) is 0.500. The SMILES string of the molecule is CC[C@@H](O)c1ccccc1N1CCCC1C(N)=O. The van der Waals surface area contributed by atoms with Crippen molar-refractivity contribution >= 4 is 11.6 Å². The second-order valence-electron chi connectivity index (χ2n) is 4.74. The van der Waals surface area contributed by atoms with Crippen LogP contribution in [0.5, 0.6) is 0 Å². The van der Waals surface area contributed by atoms with Gasteiger partial charge in [0.1, 0.15) is 6.04 Å². The molecule has 0 radical (unpaired) electrons. The number of aliphatic hydroxyl groups is 1. The Morgan fingerprint density at radius 1 is 1.56 bits per heavy atom. The summed E-state index contributed by atoms with van der Waals surface area (Å²) < 4.78 is 0. The summed E-state index contributed by atoms with van der Waals surface area (Å²) >= 11 is 0. The van der Waals surface area contributed by atoms with Crippen LogP contribution in [0.15, 0.2) is 24.3 Å². The molecule has 0 bridgehead atoms. The highest BCUT2D eigenvalue weighted by atomic mass is 16.3. The van der Waals surface area contributed by atoms with Gasteiger partial charge >= 0.3 is 0 Å². The molecule has 1 saturated heterocycles. The summed E-state index contributed by atoms with van der Waals surface area (Å²) in [5.74, 6) is -0.284. The molecule has 2 rings (SSSR count). The molecule has 3 N–H and O–H groups in total. The first kappa shape index (κ1) is 12.9. The van der Waals surface area contributed by atoms with Gasteiger partial charge in [-0.2, -0.15) is 0 Å². The number of aliphatic hydroxyl groups excluding tert-OH is 1. The molecule has 4 nitrogen and oxygen atoms in total. The topological polar surface area (TPSA) is 66.6 Å². The largest absolute Gasteiger partial charge is 0.388 e. The summed E-state index contributed by atoms with van der Waals surface area (Å²) in [7, 11) is 0. The van der Waals surface area contributed by atoms with Crippen molar-refractivity contribution in [2.45, 2.75) is 38.3 Å². The maximum absolute atomic E-state index is 11.5. The van der Waals surface area contributed by atoms with E-state index in [1.54, 1.807) is 0 Å². The van der Waals surface area contributed by atoms with Crippen LogP contribution in [0.25, 0.3) is 0 Å². The summed E-state index contributed by atoms with van der Waals surface area (Å²) in [5.41, 5.74) is 7.26. The molecule has 2 atom stereocenters. The van der Waals surface area contributed by atoms with E-state index in [9.17, 15) is 9.90 Å². The number of para-hydroxylation sites is 1. The van der Waals surface area contributed by atoms with E-state index in [2.05, 4.69) is 0 Å². The Morgan fingerprint density at radius 2 is 2.28 bits per heavy atom. The van der Waals surface area contributed by atoms with Crippen molar-refractivity contribution < 1.29 is 9.90 Å². The molecule has 0 aliphatic carbocycles. The van der Waals surface area contributed by atoms with Gasteiger partial charge in [0.15, 0.2) is 0 Å². The number of rotatable bonds is 4. The molecule has 1 amide bonds. The van der Waals surface area contributed by atoms with E-state index in [1.807, 2.05) is 36.1 Å². The monoisotopic (exact) mass is 248 g/mol. The number of hydrogen-bond donors (Lipinski definition) is 2. The normalized spacial score (nSPS) is 21.0. The van der Waals surface area contributed by atoms with Gasteiger partial charge in [0.2, 0.25) is 5.91 Å². The molecule has 1 aliphatic rings. The van der Waals surface area contributed by atoms with Crippen LogP contribution >= 0.6 is 0 Å². The number of carbonyl (C=O) groups is 1. The third kappa shape index (κ3) is 2.34. The average molecular weight is 248 g/mol. The maximum atomic E-state index is 11.5. The van der Waals surface area contributed by atoms with Gasteiger partial charge in [-0.15, -0.1) is 0 Å². The van der Waals surface area contributed by atoms with Crippen molar-refractivity contribution in [1.82, 2.24) is 0 Å². The van der Waals surface area contributed by atoms with Gasteiger partial charge in [0.25, 0.3) is 0 Å². The van der Waals surface area contributed by atoms with Crippen molar-refractivity contribution in [3.8, 4) is 0 Å². The predicted molar refractivity (Wildman–Crippen MR) is 71.3 cm³/mol. The van der Waals surface area contributed by atoms with Gasteiger partial charge in [-0.25, -0.2) is 0 Å². The van der Waals surface area contributed by atoms with E-state index in [1.165, 1.54) is 0 Å². The fourth-order valence-corrected chi connectivity index (χ4v) is 2.60. The second-order valence-corrected chi connectivity index (χ2v) is 4.74. The summed E-state index contributed by atoms with van der Waals surface area (Å²) in [6.07, 6.45) is 1.93. The van der Waals surface area contributed by atoms with Crippen LogP contribution in [0.1, 0.15) is 37.9 Å². The van der Waals surface area contributed by atoms with Crippen molar-refractivity contribution in [2.75, 3.05) is 11.4 Å². The molecule has 0 aromatic heterocycles. The summed E-state index contributed by atoms with van der Waals surface area (Å²) in [6, 6.07) is 7.47. The Balaban J connectivity index is 2.35. The van der Waals surface area contributed by atoms with Gasteiger partial charge in [-0.1, -0.05) is 25.1 Å². The first-order valence-electron chi connectivity index (χ1n) is 6.48. The van der Waals surface area contributed by atoms with Crippen LogP contribution in [0.3, 0.4) is 0 Å². The fourth-order valence-electron chi connectivity index (χ4n) is 2.60. The van der Waals surface area contributed by atoms with Crippen LogP contribution in [0, 0.1) is 0 Å². The summed E-state index contributed by atoms with van der Waals surface area (Å²) in [5, 5.41) is 10.1. The Morgan fingerprint density at radius 3 is 2.94 bits per heavy atom. The zero-order valence-corrected chi connectivity index (χ0v) is 10.7. The molecular weight excluding hydrogens is 228 g/mol. The molecule has 0 saturated carbocycles. The quantitative estimate of drug-likeness (QED) is 0.850. The highest BCUT2D eigenvalue weighted by molar-refractivity contribution is 5.84. The molecule has 1 aliphatic heterocycles. The molecule has 0 spiro atoms. The molecule has 1 fully saturated rings. The van der Waals surface area contributed by atoms with Gasteiger partial charge < -0.3 is 15.7 Å². The van der Waals surface area contributed by atoms with Crippen LogP contribution in [-0.4, -0.2) is 23.6 Å². The Kier molecular flexibility index (Phi) is 3.87. The third-order valence-corrected chi connectivity index (χ3v) is 3.57. The number of carbonyl (C=O) groups excluding carboxylic acids is 1. The van der Waals surface area contributed by atoms with Gasteiger partial charge in [0.05, 0.1) is 6.10 Å². The van der Waals surface area contributed by atoms with E-state index in [4.69, 9.17) is 5.73 Å². The average Bonchev–Trinajstić information content (AvgIpc) is 2.87. The van der Waals surface area contributed by atoms with Crippen LogP contribution in [0.2, 0.25) is 0 Å². The highest BCUT2D eigenvalue weighted by Crippen LogP contribution is 2.32. The lowest BCUT2D eigenvalue weighted by atomic mass is 10.0. The number of nitrogens with zero attached hydrogens (tertiary/aromatic N) is 1.